The maximum absolute atomic E-state index is 12.6. The lowest BCUT2D eigenvalue weighted by molar-refractivity contribution is -0.258. The van der Waals surface area contributed by atoms with Crippen molar-refractivity contribution in [3.63, 3.8) is 0 Å². The molecule has 0 aliphatic rings. The van der Waals surface area contributed by atoms with Gasteiger partial charge >= 0.3 is 6.18 Å². The Morgan fingerprint density at radius 1 is 0.786 bits per heavy atom. The molecule has 3 unspecified atom stereocenters. The van der Waals surface area contributed by atoms with Crippen LogP contribution in [-0.4, -0.2) is 16.4 Å². The first kappa shape index (κ1) is 24.0. The van der Waals surface area contributed by atoms with E-state index in [1.807, 2.05) is 26.0 Å². The predicted molar refractivity (Wildman–Crippen MR) is 108 cm³/mol. The van der Waals surface area contributed by atoms with E-state index in [-0.39, 0.29) is 5.56 Å². The summed E-state index contributed by atoms with van der Waals surface area (Å²) in [5.41, 5.74) is -0.641. The number of aliphatic hydroxyl groups is 1. The van der Waals surface area contributed by atoms with Crippen LogP contribution in [0.2, 0.25) is 0 Å². The van der Waals surface area contributed by atoms with Crippen LogP contribution < -0.4 is 0 Å². The highest BCUT2D eigenvalue weighted by Gasteiger charge is 2.51. The first-order valence-corrected chi connectivity index (χ1v) is 9.62. The van der Waals surface area contributed by atoms with Crippen LogP contribution >= 0.6 is 0 Å². The summed E-state index contributed by atoms with van der Waals surface area (Å²) in [5.74, 6) is 1.24. The molecule has 2 N–H and O–H groups in total. The lowest BCUT2D eigenvalue weighted by Crippen LogP contribution is -2.39. The number of halogens is 3. The van der Waals surface area contributed by atoms with Crippen LogP contribution in [0.3, 0.4) is 0 Å². The third kappa shape index (κ3) is 6.26. The van der Waals surface area contributed by atoms with Gasteiger partial charge in [0.05, 0.1) is 0 Å². The van der Waals surface area contributed by atoms with E-state index in [0.29, 0.717) is 17.6 Å². The van der Waals surface area contributed by atoms with Crippen LogP contribution in [-0.2, 0) is 5.60 Å². The summed E-state index contributed by atoms with van der Waals surface area (Å²) in [7, 11) is 0. The predicted octanol–water partition coefficient (Wildman–Crippen LogP) is 6.88. The lowest BCUT2D eigenvalue weighted by atomic mass is 9.91. The minimum atomic E-state index is -4.66. The molecule has 0 bridgehead atoms. The van der Waals surface area contributed by atoms with Crippen molar-refractivity contribution in [1.29, 1.82) is 0 Å². The number of hydrogen-bond acceptors (Lipinski definition) is 2. The second-order valence-corrected chi connectivity index (χ2v) is 7.40. The van der Waals surface area contributed by atoms with Crippen molar-refractivity contribution in [2.45, 2.75) is 71.1 Å². The van der Waals surface area contributed by atoms with Gasteiger partial charge in [0.1, 0.15) is 5.75 Å². The maximum atomic E-state index is 12.6. The van der Waals surface area contributed by atoms with E-state index in [2.05, 4.69) is 13.8 Å². The van der Waals surface area contributed by atoms with Gasteiger partial charge in [-0.2, -0.15) is 13.2 Å². The van der Waals surface area contributed by atoms with Crippen molar-refractivity contribution < 1.29 is 23.4 Å². The van der Waals surface area contributed by atoms with Crippen LogP contribution in [0.1, 0.15) is 76.0 Å². The zero-order valence-corrected chi connectivity index (χ0v) is 17.2. The van der Waals surface area contributed by atoms with Gasteiger partial charge in [0.15, 0.2) is 5.60 Å². The Morgan fingerprint density at radius 2 is 1.14 bits per heavy atom. The SMILES string of the molecule is CCC(C)c1ccc(C(C)(O)C(F)(F)F)cc1.CCC(C)c1ccc(O)cc1. The summed E-state index contributed by atoms with van der Waals surface area (Å²) >= 11 is 0. The van der Waals surface area contributed by atoms with E-state index in [1.54, 1.807) is 24.3 Å². The highest BCUT2D eigenvalue weighted by Crippen LogP contribution is 2.38. The Labute approximate surface area is 166 Å². The number of hydrogen-bond donors (Lipinski definition) is 2. The van der Waals surface area contributed by atoms with Gasteiger partial charge < -0.3 is 10.2 Å². The molecule has 0 amide bonds. The Balaban J connectivity index is 0.000000307. The summed E-state index contributed by atoms with van der Waals surface area (Å²) < 4.78 is 37.8. The molecule has 2 rings (SSSR count). The van der Waals surface area contributed by atoms with E-state index in [9.17, 15) is 18.3 Å². The van der Waals surface area contributed by atoms with Gasteiger partial charge in [-0.25, -0.2) is 0 Å². The van der Waals surface area contributed by atoms with E-state index < -0.39 is 11.8 Å². The van der Waals surface area contributed by atoms with Crippen molar-refractivity contribution in [3.05, 3.63) is 65.2 Å². The molecule has 0 saturated heterocycles. The van der Waals surface area contributed by atoms with E-state index in [1.165, 1.54) is 17.7 Å². The molecule has 28 heavy (non-hydrogen) atoms. The summed E-state index contributed by atoms with van der Waals surface area (Å²) in [5, 5.41) is 18.5. The van der Waals surface area contributed by atoms with Crippen molar-refractivity contribution in [3.8, 4) is 5.75 Å². The van der Waals surface area contributed by atoms with Crippen molar-refractivity contribution >= 4 is 0 Å². The number of benzene rings is 2. The fourth-order valence-electron chi connectivity index (χ4n) is 2.57. The molecule has 0 spiro atoms. The molecule has 0 radical (unpaired) electrons. The molecule has 0 heterocycles. The second-order valence-electron chi connectivity index (χ2n) is 7.40. The van der Waals surface area contributed by atoms with Crippen LogP contribution in [0, 0.1) is 0 Å². The Hall–Kier alpha value is -2.01. The molecule has 5 heteroatoms. The molecular formula is C23H31F3O2. The highest BCUT2D eigenvalue weighted by molar-refractivity contribution is 5.30. The van der Waals surface area contributed by atoms with Gasteiger partial charge in [0.2, 0.25) is 0 Å². The van der Waals surface area contributed by atoms with Gasteiger partial charge in [-0.3, -0.25) is 0 Å². The molecular weight excluding hydrogens is 365 g/mol. The average molecular weight is 396 g/mol. The zero-order valence-electron chi connectivity index (χ0n) is 17.2. The van der Waals surface area contributed by atoms with Crippen molar-refractivity contribution in [2.75, 3.05) is 0 Å². The van der Waals surface area contributed by atoms with E-state index in [0.717, 1.165) is 25.3 Å². The van der Waals surface area contributed by atoms with Gasteiger partial charge in [-0.05, 0) is 60.4 Å². The molecule has 0 aliphatic carbocycles. The minimum Gasteiger partial charge on any atom is -0.508 e. The number of phenolic OH excluding ortho intramolecular Hbond substituents is 1. The van der Waals surface area contributed by atoms with E-state index in [4.69, 9.17) is 5.11 Å². The normalized spacial score (nSPS) is 15.8. The number of phenols is 1. The Bertz CT molecular complexity index is 704. The van der Waals surface area contributed by atoms with Crippen LogP contribution in [0.5, 0.6) is 5.75 Å². The molecule has 2 aromatic carbocycles. The third-order valence-corrected chi connectivity index (χ3v) is 5.28. The van der Waals surface area contributed by atoms with Crippen molar-refractivity contribution in [1.82, 2.24) is 0 Å². The van der Waals surface area contributed by atoms with Crippen LogP contribution in [0.15, 0.2) is 48.5 Å². The minimum absolute atomic E-state index is 0.128. The Morgan fingerprint density at radius 3 is 1.46 bits per heavy atom. The molecule has 156 valence electrons. The maximum Gasteiger partial charge on any atom is 0.421 e. The molecule has 3 atom stereocenters. The molecule has 0 saturated carbocycles. The first-order chi connectivity index (χ1) is 12.9. The first-order valence-electron chi connectivity index (χ1n) is 9.62. The quantitative estimate of drug-likeness (QED) is 0.578. The van der Waals surface area contributed by atoms with E-state index >= 15 is 0 Å². The summed E-state index contributed by atoms with van der Waals surface area (Å²) in [6.07, 6.45) is -2.59. The number of alkyl halides is 3. The monoisotopic (exact) mass is 396 g/mol. The highest BCUT2D eigenvalue weighted by atomic mass is 19.4. The largest absolute Gasteiger partial charge is 0.508 e. The van der Waals surface area contributed by atoms with Crippen LogP contribution in [0.4, 0.5) is 13.2 Å². The van der Waals surface area contributed by atoms with Crippen LogP contribution in [0.25, 0.3) is 0 Å². The topological polar surface area (TPSA) is 40.5 Å². The summed E-state index contributed by atoms with van der Waals surface area (Å²) in [6.45, 7) is 9.15. The standard InChI is InChI=1S/C13H17F3O.C10H14O/c1-4-9(2)10-5-7-11(8-6-10)12(3,17)13(14,15)16;1-3-8(2)9-4-6-10(11)7-5-9/h5-9,17H,4H2,1-3H3;4-8,11H,3H2,1-2H3. The van der Waals surface area contributed by atoms with Gasteiger partial charge in [0, 0.05) is 0 Å². The summed E-state index contributed by atoms with van der Waals surface area (Å²) in [4.78, 5) is 0. The molecule has 0 fully saturated rings. The third-order valence-electron chi connectivity index (χ3n) is 5.28. The number of rotatable bonds is 5. The smallest absolute Gasteiger partial charge is 0.421 e. The van der Waals surface area contributed by atoms with Gasteiger partial charge in [-0.15, -0.1) is 0 Å². The van der Waals surface area contributed by atoms with Crippen molar-refractivity contribution in [2.24, 2.45) is 0 Å². The zero-order chi connectivity index (χ0) is 21.5. The molecule has 0 aromatic heterocycles. The number of aromatic hydroxyl groups is 1. The fraction of sp³-hybridized carbons (Fsp3) is 0.478. The second kappa shape index (κ2) is 9.97. The average Bonchev–Trinajstić information content (AvgIpc) is 2.67. The van der Waals surface area contributed by atoms with Gasteiger partial charge in [0.25, 0.3) is 0 Å². The fourth-order valence-corrected chi connectivity index (χ4v) is 2.57. The molecule has 2 aromatic rings. The molecule has 2 nitrogen and oxygen atoms in total. The Kier molecular flexibility index (Phi) is 8.55. The summed E-state index contributed by atoms with van der Waals surface area (Å²) in [6, 6.07) is 13.4. The van der Waals surface area contributed by atoms with Gasteiger partial charge in [-0.1, -0.05) is 64.1 Å². The lowest BCUT2D eigenvalue weighted by Gasteiger charge is -2.27. The molecule has 0 aliphatic heterocycles.